The zero-order chi connectivity index (χ0) is 9.73. The standard InChI is InChI=1S/C10H22N2O/c1-9(2)12-10(8-11)4-3-6-13-7-5-10/h9,12H,3-8,11H2,1-2H3. The van der Waals surface area contributed by atoms with Crippen molar-refractivity contribution in [2.24, 2.45) is 5.73 Å². The Morgan fingerprint density at radius 3 is 2.77 bits per heavy atom. The molecule has 0 spiro atoms. The number of nitrogens with two attached hydrogens (primary N) is 1. The first-order valence-corrected chi connectivity index (χ1v) is 5.24. The van der Waals surface area contributed by atoms with Crippen LogP contribution in [0.5, 0.6) is 0 Å². The van der Waals surface area contributed by atoms with E-state index >= 15 is 0 Å². The summed E-state index contributed by atoms with van der Waals surface area (Å²) in [7, 11) is 0. The van der Waals surface area contributed by atoms with Gasteiger partial charge >= 0.3 is 0 Å². The minimum absolute atomic E-state index is 0.130. The first-order chi connectivity index (χ1) is 6.18. The predicted octanol–water partition coefficient (Wildman–Crippen LogP) is 0.882. The second kappa shape index (κ2) is 4.94. The van der Waals surface area contributed by atoms with Gasteiger partial charge in [0.15, 0.2) is 0 Å². The maximum Gasteiger partial charge on any atom is 0.0484 e. The summed E-state index contributed by atoms with van der Waals surface area (Å²) in [5.41, 5.74) is 5.97. The molecule has 0 aromatic heterocycles. The smallest absolute Gasteiger partial charge is 0.0484 e. The van der Waals surface area contributed by atoms with Crippen molar-refractivity contribution in [2.75, 3.05) is 19.8 Å². The molecular weight excluding hydrogens is 164 g/mol. The number of ether oxygens (including phenoxy) is 1. The van der Waals surface area contributed by atoms with Gasteiger partial charge in [0.05, 0.1) is 0 Å². The van der Waals surface area contributed by atoms with Gasteiger partial charge in [-0.25, -0.2) is 0 Å². The van der Waals surface area contributed by atoms with E-state index in [4.69, 9.17) is 10.5 Å². The van der Waals surface area contributed by atoms with Crippen LogP contribution in [0.3, 0.4) is 0 Å². The van der Waals surface area contributed by atoms with Crippen molar-refractivity contribution in [3.63, 3.8) is 0 Å². The van der Waals surface area contributed by atoms with Gasteiger partial charge in [0.1, 0.15) is 0 Å². The van der Waals surface area contributed by atoms with Gasteiger partial charge in [-0.05, 0) is 19.3 Å². The molecular formula is C10H22N2O. The van der Waals surface area contributed by atoms with E-state index in [-0.39, 0.29) is 5.54 Å². The van der Waals surface area contributed by atoms with Crippen molar-refractivity contribution in [1.29, 1.82) is 0 Å². The topological polar surface area (TPSA) is 47.3 Å². The third-order valence-electron chi connectivity index (χ3n) is 2.65. The van der Waals surface area contributed by atoms with Gasteiger partial charge in [-0.15, -0.1) is 0 Å². The summed E-state index contributed by atoms with van der Waals surface area (Å²) in [5.74, 6) is 0. The lowest BCUT2D eigenvalue weighted by Crippen LogP contribution is -2.54. The molecule has 0 aromatic carbocycles. The molecule has 0 saturated carbocycles. The van der Waals surface area contributed by atoms with Crippen molar-refractivity contribution in [2.45, 2.75) is 44.7 Å². The summed E-state index contributed by atoms with van der Waals surface area (Å²) in [5, 5.41) is 3.58. The monoisotopic (exact) mass is 186 g/mol. The normalized spacial score (nSPS) is 30.5. The summed E-state index contributed by atoms with van der Waals surface area (Å²) in [4.78, 5) is 0. The SMILES string of the molecule is CC(C)NC1(CN)CCCOCC1. The van der Waals surface area contributed by atoms with E-state index in [0.717, 1.165) is 32.5 Å². The van der Waals surface area contributed by atoms with E-state index < -0.39 is 0 Å². The number of hydrogen-bond acceptors (Lipinski definition) is 3. The van der Waals surface area contributed by atoms with Gasteiger partial charge in [-0.3, -0.25) is 0 Å². The van der Waals surface area contributed by atoms with E-state index in [1.807, 2.05) is 0 Å². The molecule has 13 heavy (non-hydrogen) atoms. The zero-order valence-electron chi connectivity index (χ0n) is 8.81. The molecule has 3 N–H and O–H groups in total. The third-order valence-corrected chi connectivity index (χ3v) is 2.65. The second-order valence-electron chi connectivity index (χ2n) is 4.25. The predicted molar refractivity (Wildman–Crippen MR) is 54.7 cm³/mol. The molecule has 1 unspecified atom stereocenters. The lowest BCUT2D eigenvalue weighted by Gasteiger charge is -2.34. The Hall–Kier alpha value is -0.120. The molecule has 1 atom stereocenters. The van der Waals surface area contributed by atoms with Crippen molar-refractivity contribution >= 4 is 0 Å². The highest BCUT2D eigenvalue weighted by Crippen LogP contribution is 2.20. The van der Waals surface area contributed by atoms with E-state index in [1.165, 1.54) is 0 Å². The summed E-state index contributed by atoms with van der Waals surface area (Å²) >= 11 is 0. The fourth-order valence-electron chi connectivity index (χ4n) is 2.03. The average Bonchev–Trinajstić information content (AvgIpc) is 2.30. The quantitative estimate of drug-likeness (QED) is 0.688. The minimum Gasteiger partial charge on any atom is -0.381 e. The van der Waals surface area contributed by atoms with Gasteiger partial charge in [0.2, 0.25) is 0 Å². The molecule has 3 heteroatoms. The lowest BCUT2D eigenvalue weighted by molar-refractivity contribution is 0.136. The third kappa shape index (κ3) is 3.25. The van der Waals surface area contributed by atoms with Gasteiger partial charge in [-0.1, -0.05) is 13.8 Å². The van der Waals surface area contributed by atoms with Crippen LogP contribution in [0.25, 0.3) is 0 Å². The summed E-state index contributed by atoms with van der Waals surface area (Å²) in [6.07, 6.45) is 3.31. The van der Waals surface area contributed by atoms with Crippen LogP contribution in [0, 0.1) is 0 Å². The van der Waals surface area contributed by atoms with Crippen LogP contribution in [-0.2, 0) is 4.74 Å². The Morgan fingerprint density at radius 2 is 2.15 bits per heavy atom. The first-order valence-electron chi connectivity index (χ1n) is 5.24. The highest BCUT2D eigenvalue weighted by atomic mass is 16.5. The maximum atomic E-state index is 5.84. The molecule has 0 aromatic rings. The van der Waals surface area contributed by atoms with Crippen molar-refractivity contribution in [3.05, 3.63) is 0 Å². The highest BCUT2D eigenvalue weighted by molar-refractivity contribution is 4.91. The second-order valence-corrected chi connectivity index (χ2v) is 4.25. The Bertz CT molecular complexity index is 140. The van der Waals surface area contributed by atoms with E-state index in [0.29, 0.717) is 12.6 Å². The molecule has 1 aliphatic rings. The van der Waals surface area contributed by atoms with E-state index in [2.05, 4.69) is 19.2 Å². The fraction of sp³-hybridized carbons (Fsp3) is 1.00. The Kier molecular flexibility index (Phi) is 4.16. The summed E-state index contributed by atoms with van der Waals surface area (Å²) in [6.45, 7) is 6.79. The van der Waals surface area contributed by atoms with Gasteiger partial charge < -0.3 is 15.8 Å². The molecule has 78 valence electrons. The van der Waals surface area contributed by atoms with Crippen molar-refractivity contribution in [1.82, 2.24) is 5.32 Å². The first kappa shape index (κ1) is 11.0. The van der Waals surface area contributed by atoms with Crippen molar-refractivity contribution < 1.29 is 4.74 Å². The molecule has 1 rings (SSSR count). The molecule has 1 saturated heterocycles. The van der Waals surface area contributed by atoms with E-state index in [1.54, 1.807) is 0 Å². The molecule has 1 fully saturated rings. The van der Waals surface area contributed by atoms with Crippen LogP contribution in [0.1, 0.15) is 33.1 Å². The van der Waals surface area contributed by atoms with Gasteiger partial charge in [-0.2, -0.15) is 0 Å². The largest absolute Gasteiger partial charge is 0.381 e. The molecule has 1 heterocycles. The number of rotatable bonds is 3. The van der Waals surface area contributed by atoms with Crippen LogP contribution in [-0.4, -0.2) is 31.3 Å². The van der Waals surface area contributed by atoms with Gasteiger partial charge in [0.25, 0.3) is 0 Å². The van der Waals surface area contributed by atoms with Crippen LogP contribution in [0.2, 0.25) is 0 Å². The lowest BCUT2D eigenvalue weighted by atomic mass is 9.90. The van der Waals surface area contributed by atoms with Crippen LogP contribution < -0.4 is 11.1 Å². The van der Waals surface area contributed by atoms with Crippen LogP contribution in [0.4, 0.5) is 0 Å². The molecule has 3 nitrogen and oxygen atoms in total. The fourth-order valence-corrected chi connectivity index (χ4v) is 2.03. The summed E-state index contributed by atoms with van der Waals surface area (Å²) in [6, 6.07) is 0.502. The van der Waals surface area contributed by atoms with E-state index in [9.17, 15) is 0 Å². The zero-order valence-corrected chi connectivity index (χ0v) is 8.81. The van der Waals surface area contributed by atoms with Gasteiger partial charge in [0, 0.05) is 31.3 Å². The molecule has 0 bridgehead atoms. The Labute approximate surface area is 81.0 Å². The Morgan fingerprint density at radius 1 is 1.38 bits per heavy atom. The summed E-state index contributed by atoms with van der Waals surface area (Å²) < 4.78 is 5.44. The van der Waals surface area contributed by atoms with Crippen LogP contribution >= 0.6 is 0 Å². The highest BCUT2D eigenvalue weighted by Gasteiger charge is 2.29. The Balaban J connectivity index is 2.53. The maximum absolute atomic E-state index is 5.84. The number of hydrogen-bond donors (Lipinski definition) is 2. The number of nitrogens with one attached hydrogen (secondary N) is 1. The molecule has 0 radical (unpaired) electrons. The molecule has 0 aliphatic carbocycles. The molecule has 0 amide bonds. The van der Waals surface area contributed by atoms with Crippen LogP contribution in [0.15, 0.2) is 0 Å². The average molecular weight is 186 g/mol. The van der Waals surface area contributed by atoms with Crippen molar-refractivity contribution in [3.8, 4) is 0 Å². The minimum atomic E-state index is 0.130. The molecule has 1 aliphatic heterocycles.